The molecular weight excluding hydrogens is 204 g/mol. The van der Waals surface area contributed by atoms with Crippen molar-refractivity contribution in [2.45, 2.75) is 26.7 Å². The standard InChI is InChI=1S/C17H20/c1-14(2)12-16-10-6-7-11-17(16)13-15-8-4-3-5-9-15/h3-11,14H,12-13H2,1-2H3. The quantitative estimate of drug-likeness (QED) is 0.718. The Morgan fingerprint density at radius 2 is 1.35 bits per heavy atom. The van der Waals surface area contributed by atoms with E-state index in [4.69, 9.17) is 0 Å². The summed E-state index contributed by atoms with van der Waals surface area (Å²) in [5, 5.41) is 0. The fourth-order valence-electron chi connectivity index (χ4n) is 2.18. The van der Waals surface area contributed by atoms with Crippen LogP contribution in [0.2, 0.25) is 0 Å². The SMILES string of the molecule is CC(C)Cc1ccccc1Cc1ccccc1. The third-order valence-corrected chi connectivity index (χ3v) is 2.98. The summed E-state index contributed by atoms with van der Waals surface area (Å²) in [6.07, 6.45) is 2.22. The van der Waals surface area contributed by atoms with Gasteiger partial charge in [-0.3, -0.25) is 0 Å². The van der Waals surface area contributed by atoms with Crippen LogP contribution >= 0.6 is 0 Å². The van der Waals surface area contributed by atoms with Gasteiger partial charge in [0.15, 0.2) is 0 Å². The summed E-state index contributed by atoms with van der Waals surface area (Å²) in [5.41, 5.74) is 4.35. The zero-order valence-corrected chi connectivity index (χ0v) is 10.7. The van der Waals surface area contributed by atoms with Gasteiger partial charge in [0.2, 0.25) is 0 Å². The molecule has 0 atom stereocenters. The van der Waals surface area contributed by atoms with Crippen molar-refractivity contribution in [3.05, 3.63) is 71.3 Å². The average Bonchev–Trinajstić information content (AvgIpc) is 2.32. The van der Waals surface area contributed by atoms with Gasteiger partial charge in [-0.15, -0.1) is 0 Å². The van der Waals surface area contributed by atoms with E-state index in [0.717, 1.165) is 6.42 Å². The first kappa shape index (κ1) is 11.9. The lowest BCUT2D eigenvalue weighted by molar-refractivity contribution is 0.643. The molecule has 88 valence electrons. The second kappa shape index (κ2) is 5.67. The van der Waals surface area contributed by atoms with Gasteiger partial charge in [-0.1, -0.05) is 68.4 Å². The second-order valence-electron chi connectivity index (χ2n) is 5.03. The lowest BCUT2D eigenvalue weighted by Crippen LogP contribution is -2.00. The van der Waals surface area contributed by atoms with Crippen LogP contribution in [-0.2, 0) is 12.8 Å². The maximum absolute atomic E-state index is 2.28. The molecule has 0 amide bonds. The van der Waals surface area contributed by atoms with Gasteiger partial charge in [0.25, 0.3) is 0 Å². The predicted octanol–water partition coefficient (Wildman–Crippen LogP) is 4.48. The molecule has 0 heterocycles. The Hall–Kier alpha value is -1.56. The monoisotopic (exact) mass is 224 g/mol. The molecule has 0 bridgehead atoms. The van der Waals surface area contributed by atoms with Crippen LogP contribution in [0, 0.1) is 5.92 Å². The van der Waals surface area contributed by atoms with Crippen molar-refractivity contribution in [1.29, 1.82) is 0 Å². The van der Waals surface area contributed by atoms with E-state index in [1.807, 2.05) is 0 Å². The molecule has 2 aromatic carbocycles. The van der Waals surface area contributed by atoms with Gasteiger partial charge in [-0.2, -0.15) is 0 Å². The third-order valence-electron chi connectivity index (χ3n) is 2.98. The Bertz CT molecular complexity index is 454. The summed E-state index contributed by atoms with van der Waals surface area (Å²) in [5.74, 6) is 0.715. The van der Waals surface area contributed by atoms with Crippen molar-refractivity contribution in [2.75, 3.05) is 0 Å². The third kappa shape index (κ3) is 3.45. The van der Waals surface area contributed by atoms with Gasteiger partial charge in [0.1, 0.15) is 0 Å². The topological polar surface area (TPSA) is 0 Å². The van der Waals surface area contributed by atoms with Crippen LogP contribution in [0.4, 0.5) is 0 Å². The minimum Gasteiger partial charge on any atom is -0.0625 e. The normalized spacial score (nSPS) is 10.8. The smallest absolute Gasteiger partial charge is 0.00230 e. The van der Waals surface area contributed by atoms with Gasteiger partial charge in [0, 0.05) is 0 Å². The van der Waals surface area contributed by atoms with Crippen LogP contribution in [-0.4, -0.2) is 0 Å². The zero-order chi connectivity index (χ0) is 12.1. The van der Waals surface area contributed by atoms with Crippen LogP contribution in [0.3, 0.4) is 0 Å². The van der Waals surface area contributed by atoms with Crippen molar-refractivity contribution in [2.24, 2.45) is 5.92 Å². The van der Waals surface area contributed by atoms with Crippen molar-refractivity contribution in [3.63, 3.8) is 0 Å². The molecule has 0 aliphatic heterocycles. The Kier molecular flexibility index (Phi) is 3.98. The maximum Gasteiger partial charge on any atom is -0.00230 e. The summed E-state index contributed by atoms with van der Waals surface area (Å²) in [7, 11) is 0. The van der Waals surface area contributed by atoms with E-state index in [1.54, 1.807) is 0 Å². The lowest BCUT2D eigenvalue weighted by Gasteiger charge is -2.11. The van der Waals surface area contributed by atoms with Gasteiger partial charge < -0.3 is 0 Å². The minimum atomic E-state index is 0.715. The molecule has 0 saturated heterocycles. The summed E-state index contributed by atoms with van der Waals surface area (Å²) in [6.45, 7) is 4.55. The Morgan fingerprint density at radius 1 is 0.765 bits per heavy atom. The molecular formula is C17H20. The van der Waals surface area contributed by atoms with E-state index >= 15 is 0 Å². The molecule has 0 fully saturated rings. The molecule has 0 radical (unpaired) electrons. The molecule has 0 N–H and O–H groups in total. The van der Waals surface area contributed by atoms with Gasteiger partial charge in [-0.25, -0.2) is 0 Å². The summed E-state index contributed by atoms with van der Waals surface area (Å²) in [6, 6.07) is 19.5. The number of rotatable bonds is 4. The van der Waals surface area contributed by atoms with Crippen molar-refractivity contribution >= 4 is 0 Å². The first-order valence-electron chi connectivity index (χ1n) is 6.36. The molecule has 0 unspecified atom stereocenters. The predicted molar refractivity (Wildman–Crippen MR) is 74.2 cm³/mol. The van der Waals surface area contributed by atoms with Crippen molar-refractivity contribution < 1.29 is 0 Å². The van der Waals surface area contributed by atoms with Crippen LogP contribution in [0.15, 0.2) is 54.6 Å². The first-order chi connectivity index (χ1) is 8.25. The number of hydrogen-bond donors (Lipinski definition) is 0. The number of benzene rings is 2. The second-order valence-corrected chi connectivity index (χ2v) is 5.03. The lowest BCUT2D eigenvalue weighted by atomic mass is 9.94. The van der Waals surface area contributed by atoms with E-state index in [9.17, 15) is 0 Å². The average molecular weight is 224 g/mol. The van der Waals surface area contributed by atoms with Crippen LogP contribution in [0.1, 0.15) is 30.5 Å². The Morgan fingerprint density at radius 3 is 2.00 bits per heavy atom. The largest absolute Gasteiger partial charge is 0.0625 e. The fourth-order valence-corrected chi connectivity index (χ4v) is 2.18. The molecule has 0 aliphatic rings. The fraction of sp³-hybridized carbons (Fsp3) is 0.294. The van der Waals surface area contributed by atoms with E-state index in [2.05, 4.69) is 68.4 Å². The summed E-state index contributed by atoms with van der Waals surface area (Å²) < 4.78 is 0. The molecule has 0 saturated carbocycles. The van der Waals surface area contributed by atoms with Crippen molar-refractivity contribution in [3.8, 4) is 0 Å². The van der Waals surface area contributed by atoms with E-state index in [0.29, 0.717) is 5.92 Å². The van der Waals surface area contributed by atoms with Crippen LogP contribution in [0.5, 0.6) is 0 Å². The minimum absolute atomic E-state index is 0.715. The van der Waals surface area contributed by atoms with Gasteiger partial charge >= 0.3 is 0 Å². The van der Waals surface area contributed by atoms with E-state index in [-0.39, 0.29) is 0 Å². The molecule has 2 aromatic rings. The Balaban J connectivity index is 2.20. The summed E-state index contributed by atoms with van der Waals surface area (Å²) >= 11 is 0. The van der Waals surface area contributed by atoms with Crippen LogP contribution in [0.25, 0.3) is 0 Å². The first-order valence-corrected chi connectivity index (χ1v) is 6.36. The molecule has 17 heavy (non-hydrogen) atoms. The van der Waals surface area contributed by atoms with Gasteiger partial charge in [-0.05, 0) is 35.4 Å². The highest BCUT2D eigenvalue weighted by atomic mass is 14.1. The Labute approximate surface area is 104 Å². The summed E-state index contributed by atoms with van der Waals surface area (Å²) in [4.78, 5) is 0. The zero-order valence-electron chi connectivity index (χ0n) is 10.7. The molecule has 0 nitrogen and oxygen atoms in total. The molecule has 2 rings (SSSR count). The van der Waals surface area contributed by atoms with Gasteiger partial charge in [0.05, 0.1) is 0 Å². The van der Waals surface area contributed by atoms with Crippen molar-refractivity contribution in [1.82, 2.24) is 0 Å². The molecule has 0 spiro atoms. The van der Waals surface area contributed by atoms with Crippen LogP contribution < -0.4 is 0 Å². The maximum atomic E-state index is 2.28. The highest BCUT2D eigenvalue weighted by molar-refractivity contribution is 5.33. The molecule has 0 aliphatic carbocycles. The number of hydrogen-bond acceptors (Lipinski definition) is 0. The van der Waals surface area contributed by atoms with E-state index < -0.39 is 0 Å². The molecule has 0 aromatic heterocycles. The molecule has 0 heteroatoms. The van der Waals surface area contributed by atoms with E-state index in [1.165, 1.54) is 23.1 Å². The highest BCUT2D eigenvalue weighted by Gasteiger charge is 2.04. The highest BCUT2D eigenvalue weighted by Crippen LogP contribution is 2.17.